The second kappa shape index (κ2) is 5.97. The van der Waals surface area contributed by atoms with Gasteiger partial charge in [-0.25, -0.2) is 13.1 Å². The number of nitrogens with zero attached hydrogens (tertiary/aromatic N) is 2. The third-order valence-electron chi connectivity index (χ3n) is 3.91. The Labute approximate surface area is 125 Å². The van der Waals surface area contributed by atoms with Crippen LogP contribution in [0.5, 0.6) is 0 Å². The molecule has 112 valence electrons. The lowest BCUT2D eigenvalue weighted by molar-refractivity contribution is 0.143. The molecule has 0 amide bonds. The van der Waals surface area contributed by atoms with Gasteiger partial charge in [0.25, 0.3) is 0 Å². The molecule has 0 spiro atoms. The molecule has 0 atom stereocenters. The molecule has 0 bridgehead atoms. The molecule has 2 rings (SSSR count). The summed E-state index contributed by atoms with van der Waals surface area (Å²) in [7, 11) is -1.52. The Kier molecular flexibility index (Phi) is 4.69. The van der Waals surface area contributed by atoms with Crippen molar-refractivity contribution < 1.29 is 8.42 Å². The molecule has 2 heterocycles. The van der Waals surface area contributed by atoms with Crippen LogP contribution in [0, 0.1) is 5.41 Å². The highest BCUT2D eigenvalue weighted by Crippen LogP contribution is 2.30. The van der Waals surface area contributed by atoms with E-state index in [9.17, 15) is 8.42 Å². The number of hydrogen-bond donors (Lipinski definition) is 1. The average molecular weight is 318 g/mol. The van der Waals surface area contributed by atoms with E-state index in [0.29, 0.717) is 6.54 Å². The van der Waals surface area contributed by atoms with Gasteiger partial charge in [0, 0.05) is 18.9 Å². The summed E-state index contributed by atoms with van der Waals surface area (Å²) in [5.74, 6) is 0. The average Bonchev–Trinajstić information content (AvgIpc) is 2.41. The maximum absolute atomic E-state index is 12.3. The summed E-state index contributed by atoms with van der Waals surface area (Å²) >= 11 is 5.92. The molecular weight excluding hydrogens is 298 g/mol. The number of piperidine rings is 1. The van der Waals surface area contributed by atoms with Crippen LogP contribution in [0.2, 0.25) is 5.02 Å². The fourth-order valence-corrected chi connectivity index (χ4v) is 3.87. The number of nitrogens with one attached hydrogen (secondary N) is 1. The number of hydrogen-bond acceptors (Lipinski definition) is 4. The van der Waals surface area contributed by atoms with Crippen LogP contribution in [0.15, 0.2) is 23.4 Å². The van der Waals surface area contributed by atoms with Gasteiger partial charge < -0.3 is 4.90 Å². The Hall–Kier alpha value is -0.690. The number of halogens is 1. The molecule has 0 unspecified atom stereocenters. The lowest BCUT2D eigenvalue weighted by Crippen LogP contribution is -2.43. The quantitative estimate of drug-likeness (QED) is 0.919. The van der Waals surface area contributed by atoms with Crippen LogP contribution in [0.25, 0.3) is 0 Å². The van der Waals surface area contributed by atoms with E-state index in [4.69, 9.17) is 11.6 Å². The topological polar surface area (TPSA) is 62.3 Å². The second-order valence-corrected chi connectivity index (χ2v) is 7.89. The van der Waals surface area contributed by atoms with E-state index in [0.717, 1.165) is 25.9 Å². The number of pyridine rings is 1. The smallest absolute Gasteiger partial charge is 0.243 e. The van der Waals surface area contributed by atoms with Crippen molar-refractivity contribution >= 4 is 21.6 Å². The Morgan fingerprint density at radius 3 is 2.70 bits per heavy atom. The van der Waals surface area contributed by atoms with Gasteiger partial charge >= 0.3 is 0 Å². The largest absolute Gasteiger partial charge is 0.306 e. The zero-order chi connectivity index (χ0) is 14.8. The van der Waals surface area contributed by atoms with Crippen LogP contribution in [0.1, 0.15) is 19.8 Å². The maximum Gasteiger partial charge on any atom is 0.243 e. The van der Waals surface area contributed by atoms with Crippen LogP contribution in [0.4, 0.5) is 0 Å². The van der Waals surface area contributed by atoms with Gasteiger partial charge in [-0.05, 0) is 44.5 Å². The van der Waals surface area contributed by atoms with Gasteiger partial charge in [-0.15, -0.1) is 0 Å². The normalized spacial score (nSPS) is 19.9. The fraction of sp³-hybridized carbons (Fsp3) is 0.615. The molecule has 5 nitrogen and oxygen atoms in total. The number of rotatable bonds is 4. The molecule has 0 radical (unpaired) electrons. The molecule has 1 N–H and O–H groups in total. The number of sulfonamides is 1. The first-order chi connectivity index (χ1) is 9.32. The van der Waals surface area contributed by atoms with Crippen molar-refractivity contribution in [3.63, 3.8) is 0 Å². The highest BCUT2D eigenvalue weighted by molar-refractivity contribution is 7.89. The fourth-order valence-electron chi connectivity index (χ4n) is 2.24. The van der Waals surface area contributed by atoms with Gasteiger partial charge in [0.2, 0.25) is 10.0 Å². The van der Waals surface area contributed by atoms with Crippen molar-refractivity contribution in [1.82, 2.24) is 14.6 Å². The summed E-state index contributed by atoms with van der Waals surface area (Å²) in [6.07, 6.45) is 4.71. The molecule has 1 aliphatic rings. The number of likely N-dealkylation sites (tertiary alicyclic amines) is 1. The van der Waals surface area contributed by atoms with E-state index in [-0.39, 0.29) is 15.3 Å². The first kappa shape index (κ1) is 15.7. The van der Waals surface area contributed by atoms with Crippen molar-refractivity contribution in [2.24, 2.45) is 5.41 Å². The van der Waals surface area contributed by atoms with Gasteiger partial charge in [0.1, 0.15) is 4.90 Å². The summed E-state index contributed by atoms with van der Waals surface area (Å²) in [6.45, 7) is 4.53. The van der Waals surface area contributed by atoms with Crippen molar-refractivity contribution in [2.45, 2.75) is 24.7 Å². The zero-order valence-electron chi connectivity index (χ0n) is 11.8. The van der Waals surface area contributed by atoms with Crippen LogP contribution in [0.3, 0.4) is 0 Å². The molecule has 0 aliphatic carbocycles. The molecule has 0 saturated carbocycles. The summed E-state index contributed by atoms with van der Waals surface area (Å²) in [5.41, 5.74) is -0.00569. The highest BCUT2D eigenvalue weighted by atomic mass is 35.5. The predicted octanol–water partition coefficient (Wildman–Crippen LogP) is 1.75. The van der Waals surface area contributed by atoms with Crippen molar-refractivity contribution in [3.05, 3.63) is 23.5 Å². The first-order valence-electron chi connectivity index (χ1n) is 6.60. The first-order valence-corrected chi connectivity index (χ1v) is 8.46. The second-order valence-electron chi connectivity index (χ2n) is 5.74. The molecule has 1 fully saturated rings. The standard InChI is InChI=1S/C13H20ClN3O2S/c1-13(4-7-17(2)8-5-13)10-16-20(18,19)12-9-15-6-3-11(12)14/h3,6,9,16H,4-5,7-8,10H2,1-2H3. The van der Waals surface area contributed by atoms with Gasteiger partial charge in [0.05, 0.1) is 5.02 Å². The minimum Gasteiger partial charge on any atom is -0.306 e. The molecule has 1 aromatic heterocycles. The van der Waals surface area contributed by atoms with E-state index < -0.39 is 10.0 Å². The molecule has 1 aromatic rings. The van der Waals surface area contributed by atoms with E-state index >= 15 is 0 Å². The molecule has 20 heavy (non-hydrogen) atoms. The van der Waals surface area contributed by atoms with Gasteiger partial charge in [-0.2, -0.15) is 0 Å². The van der Waals surface area contributed by atoms with Crippen molar-refractivity contribution in [2.75, 3.05) is 26.7 Å². The van der Waals surface area contributed by atoms with E-state index in [1.54, 1.807) is 0 Å². The van der Waals surface area contributed by atoms with E-state index in [1.807, 2.05) is 0 Å². The summed E-state index contributed by atoms with van der Waals surface area (Å²) in [5, 5.41) is 0.195. The lowest BCUT2D eigenvalue weighted by Gasteiger charge is -2.37. The summed E-state index contributed by atoms with van der Waals surface area (Å²) in [6, 6.07) is 1.48. The Bertz CT molecular complexity index is 569. The van der Waals surface area contributed by atoms with Crippen LogP contribution >= 0.6 is 11.6 Å². The minimum absolute atomic E-state index is 0.00569. The van der Waals surface area contributed by atoms with Crippen LogP contribution in [-0.2, 0) is 10.0 Å². The van der Waals surface area contributed by atoms with Gasteiger partial charge in [0.15, 0.2) is 0 Å². The summed E-state index contributed by atoms with van der Waals surface area (Å²) in [4.78, 5) is 6.12. The molecular formula is C13H20ClN3O2S. The predicted molar refractivity (Wildman–Crippen MR) is 79.3 cm³/mol. The maximum atomic E-state index is 12.3. The third-order valence-corrected chi connectivity index (χ3v) is 5.78. The van der Waals surface area contributed by atoms with Gasteiger partial charge in [-0.3, -0.25) is 4.98 Å². The molecule has 0 aromatic carbocycles. The van der Waals surface area contributed by atoms with Crippen molar-refractivity contribution in [1.29, 1.82) is 0 Å². The highest BCUT2D eigenvalue weighted by Gasteiger charge is 2.30. The van der Waals surface area contributed by atoms with E-state index in [1.165, 1.54) is 18.5 Å². The zero-order valence-corrected chi connectivity index (χ0v) is 13.3. The van der Waals surface area contributed by atoms with Gasteiger partial charge in [-0.1, -0.05) is 18.5 Å². The Morgan fingerprint density at radius 2 is 2.10 bits per heavy atom. The van der Waals surface area contributed by atoms with E-state index in [2.05, 4.69) is 28.6 Å². The SMILES string of the molecule is CN1CCC(C)(CNS(=O)(=O)c2cnccc2Cl)CC1. The summed E-state index contributed by atoms with van der Waals surface area (Å²) < 4.78 is 27.2. The third kappa shape index (κ3) is 3.69. The van der Waals surface area contributed by atoms with Crippen molar-refractivity contribution in [3.8, 4) is 0 Å². The molecule has 1 aliphatic heterocycles. The van der Waals surface area contributed by atoms with Crippen LogP contribution in [-0.4, -0.2) is 45.0 Å². The Morgan fingerprint density at radius 1 is 1.45 bits per heavy atom. The minimum atomic E-state index is -3.60. The molecule has 1 saturated heterocycles. The molecule has 7 heteroatoms. The monoisotopic (exact) mass is 317 g/mol. The lowest BCUT2D eigenvalue weighted by atomic mass is 9.81. The number of aromatic nitrogens is 1. The Balaban J connectivity index is 2.05. The van der Waals surface area contributed by atoms with Crippen LogP contribution < -0.4 is 4.72 Å².